The molecule has 0 unspecified atom stereocenters. The SMILES string of the molecule is C/C=C\C=C/c1cc2c(c3ccccc3n2-c2nc(-c3cccc(-c4ccccc4)c3)c3ccccc3n2)c2c1sc1ccccc12. The van der Waals surface area contributed by atoms with Crippen molar-refractivity contribution >= 4 is 70.3 Å². The summed E-state index contributed by atoms with van der Waals surface area (Å²) in [5.41, 5.74) is 8.62. The lowest BCUT2D eigenvalue weighted by Crippen LogP contribution is -2.03. The van der Waals surface area contributed by atoms with E-state index in [1.807, 2.05) is 18.3 Å². The average Bonchev–Trinajstić information content (AvgIpc) is 3.68. The second kappa shape index (κ2) is 11.2. The molecule has 4 heteroatoms. The molecule has 9 aromatic rings. The van der Waals surface area contributed by atoms with Gasteiger partial charge < -0.3 is 0 Å². The van der Waals surface area contributed by atoms with Crippen LogP contribution in [0.2, 0.25) is 0 Å². The molecule has 0 radical (unpaired) electrons. The minimum atomic E-state index is 0.664. The lowest BCUT2D eigenvalue weighted by molar-refractivity contribution is 1.01. The van der Waals surface area contributed by atoms with Gasteiger partial charge in [-0.25, -0.2) is 9.97 Å². The first-order chi connectivity index (χ1) is 23.3. The zero-order valence-electron chi connectivity index (χ0n) is 25.8. The first kappa shape index (κ1) is 27.5. The summed E-state index contributed by atoms with van der Waals surface area (Å²) < 4.78 is 4.84. The van der Waals surface area contributed by atoms with E-state index in [1.54, 1.807) is 0 Å². The van der Waals surface area contributed by atoms with Gasteiger partial charge in [0.25, 0.3) is 0 Å². The highest BCUT2D eigenvalue weighted by molar-refractivity contribution is 7.26. The number of hydrogen-bond donors (Lipinski definition) is 0. The van der Waals surface area contributed by atoms with Crippen LogP contribution in [0.1, 0.15) is 12.5 Å². The fourth-order valence-electron chi connectivity index (χ4n) is 6.84. The first-order valence-electron chi connectivity index (χ1n) is 15.9. The molecular weight excluding hydrogens is 591 g/mol. The van der Waals surface area contributed by atoms with E-state index in [0.717, 1.165) is 38.8 Å². The van der Waals surface area contributed by atoms with Gasteiger partial charge in [-0.15, -0.1) is 11.3 Å². The number of nitrogens with zero attached hydrogens (tertiary/aromatic N) is 3. The third-order valence-electron chi connectivity index (χ3n) is 8.93. The van der Waals surface area contributed by atoms with Gasteiger partial charge >= 0.3 is 0 Å². The van der Waals surface area contributed by atoms with E-state index in [0.29, 0.717) is 5.95 Å². The molecule has 0 amide bonds. The first-order valence-corrected chi connectivity index (χ1v) is 16.7. The fraction of sp³-hybridized carbons (Fsp3) is 0.0233. The topological polar surface area (TPSA) is 30.7 Å². The smallest absolute Gasteiger partial charge is 0.235 e. The van der Waals surface area contributed by atoms with Crippen LogP contribution < -0.4 is 0 Å². The molecule has 3 aromatic heterocycles. The van der Waals surface area contributed by atoms with Crippen LogP contribution in [-0.4, -0.2) is 14.5 Å². The lowest BCUT2D eigenvalue weighted by Gasteiger charge is -2.13. The van der Waals surface area contributed by atoms with Gasteiger partial charge in [0, 0.05) is 41.9 Å². The molecule has 0 saturated heterocycles. The van der Waals surface area contributed by atoms with Crippen LogP contribution in [0.3, 0.4) is 0 Å². The molecule has 3 heterocycles. The highest BCUT2D eigenvalue weighted by Gasteiger charge is 2.22. The van der Waals surface area contributed by atoms with E-state index in [1.165, 1.54) is 42.1 Å². The Morgan fingerprint density at radius 2 is 1.30 bits per heavy atom. The van der Waals surface area contributed by atoms with E-state index in [9.17, 15) is 0 Å². The maximum Gasteiger partial charge on any atom is 0.235 e. The molecule has 0 saturated carbocycles. The van der Waals surface area contributed by atoms with E-state index in [-0.39, 0.29) is 0 Å². The van der Waals surface area contributed by atoms with Crippen LogP contribution in [0.15, 0.2) is 152 Å². The molecule has 222 valence electrons. The van der Waals surface area contributed by atoms with E-state index in [2.05, 4.69) is 162 Å². The molecular formula is C43H29N3S. The molecule has 3 nitrogen and oxygen atoms in total. The van der Waals surface area contributed by atoms with Crippen LogP contribution in [0.5, 0.6) is 0 Å². The van der Waals surface area contributed by atoms with Gasteiger partial charge in [0.2, 0.25) is 5.95 Å². The van der Waals surface area contributed by atoms with Crippen LogP contribution >= 0.6 is 11.3 Å². The molecule has 47 heavy (non-hydrogen) atoms. The normalized spacial score (nSPS) is 12.2. The van der Waals surface area contributed by atoms with Crippen molar-refractivity contribution in [3.63, 3.8) is 0 Å². The summed E-state index contributed by atoms with van der Waals surface area (Å²) in [6, 6.07) is 47.3. The van der Waals surface area contributed by atoms with Crippen LogP contribution in [0, 0.1) is 0 Å². The Balaban J connectivity index is 1.39. The van der Waals surface area contributed by atoms with Crippen molar-refractivity contribution in [2.24, 2.45) is 0 Å². The number of benzene rings is 6. The number of para-hydroxylation sites is 2. The van der Waals surface area contributed by atoms with Crippen molar-refractivity contribution < 1.29 is 0 Å². The van der Waals surface area contributed by atoms with Crippen LogP contribution in [-0.2, 0) is 0 Å². The van der Waals surface area contributed by atoms with Crippen molar-refractivity contribution in [1.82, 2.24) is 14.5 Å². The number of aromatic nitrogens is 3. The van der Waals surface area contributed by atoms with Gasteiger partial charge in [0.05, 0.1) is 22.2 Å². The predicted octanol–water partition coefficient (Wildman–Crippen LogP) is 12.0. The average molecular weight is 620 g/mol. The van der Waals surface area contributed by atoms with Crippen LogP contribution in [0.4, 0.5) is 0 Å². The summed E-state index contributed by atoms with van der Waals surface area (Å²) >= 11 is 1.86. The van der Waals surface area contributed by atoms with Gasteiger partial charge in [-0.2, -0.15) is 0 Å². The highest BCUT2D eigenvalue weighted by atomic mass is 32.1. The van der Waals surface area contributed by atoms with Crippen molar-refractivity contribution in [3.8, 4) is 28.3 Å². The fourth-order valence-corrected chi connectivity index (χ4v) is 8.04. The molecule has 0 aliphatic carbocycles. The monoisotopic (exact) mass is 619 g/mol. The Hall–Kier alpha value is -5.84. The summed E-state index contributed by atoms with van der Waals surface area (Å²) in [7, 11) is 0. The molecule has 9 rings (SSSR count). The third-order valence-corrected chi connectivity index (χ3v) is 10.1. The van der Waals surface area contributed by atoms with Gasteiger partial charge in [-0.3, -0.25) is 4.57 Å². The molecule has 0 bridgehead atoms. The second-order valence-electron chi connectivity index (χ2n) is 11.7. The summed E-state index contributed by atoms with van der Waals surface area (Å²) in [5, 5.41) is 6.03. The molecule has 0 atom stereocenters. The molecule has 0 N–H and O–H groups in total. The van der Waals surface area contributed by atoms with Gasteiger partial charge in [0.15, 0.2) is 0 Å². The Morgan fingerprint density at radius 1 is 0.574 bits per heavy atom. The molecule has 6 aromatic carbocycles. The maximum absolute atomic E-state index is 5.41. The predicted molar refractivity (Wildman–Crippen MR) is 201 cm³/mol. The minimum absolute atomic E-state index is 0.664. The molecule has 0 fully saturated rings. The number of rotatable bonds is 5. The standard InChI is InChI=1S/C43H29N3S/c1-2-3-5-17-31-27-37-39(40-34-22-10-13-25-38(34)47-42(31)40)33-21-9-12-24-36(33)46(37)43-44-35-23-11-8-20-32(35)41(45-43)30-19-14-18-29(26-30)28-15-6-4-7-16-28/h2-27H,1H3/b3-2-,17-5-. The molecule has 0 aliphatic heterocycles. The van der Waals surface area contributed by atoms with Gasteiger partial charge in [-0.1, -0.05) is 127 Å². The number of allylic oxidation sites excluding steroid dienone is 3. The van der Waals surface area contributed by atoms with E-state index in [4.69, 9.17) is 9.97 Å². The van der Waals surface area contributed by atoms with Crippen molar-refractivity contribution in [1.29, 1.82) is 0 Å². The van der Waals surface area contributed by atoms with Crippen molar-refractivity contribution in [2.45, 2.75) is 6.92 Å². The Kier molecular flexibility index (Phi) is 6.54. The zero-order chi connectivity index (χ0) is 31.3. The Bertz CT molecular complexity index is 2690. The second-order valence-corrected chi connectivity index (χ2v) is 12.8. The van der Waals surface area contributed by atoms with E-state index >= 15 is 0 Å². The number of fused-ring (bicyclic) bond motifs is 8. The minimum Gasteiger partial charge on any atom is -0.278 e. The summed E-state index contributed by atoms with van der Waals surface area (Å²) in [6.07, 6.45) is 8.50. The lowest BCUT2D eigenvalue weighted by atomic mass is 10.00. The Labute approximate surface area is 276 Å². The Morgan fingerprint density at radius 3 is 2.17 bits per heavy atom. The maximum atomic E-state index is 5.41. The zero-order valence-corrected chi connectivity index (χ0v) is 26.6. The number of hydrogen-bond acceptors (Lipinski definition) is 3. The third kappa shape index (κ3) is 4.49. The summed E-state index contributed by atoms with van der Waals surface area (Å²) in [5.74, 6) is 0.664. The van der Waals surface area contributed by atoms with Gasteiger partial charge in [0.1, 0.15) is 0 Å². The van der Waals surface area contributed by atoms with Crippen molar-refractivity contribution in [3.05, 3.63) is 157 Å². The van der Waals surface area contributed by atoms with E-state index < -0.39 is 0 Å². The molecule has 0 spiro atoms. The van der Waals surface area contributed by atoms with Gasteiger partial charge in [-0.05, 0) is 53.9 Å². The highest BCUT2D eigenvalue weighted by Crippen LogP contribution is 2.45. The summed E-state index contributed by atoms with van der Waals surface area (Å²) in [6.45, 7) is 2.05. The number of thiophene rings is 1. The molecule has 0 aliphatic rings. The van der Waals surface area contributed by atoms with Crippen LogP contribution in [0.25, 0.3) is 87.3 Å². The quantitative estimate of drug-likeness (QED) is 0.179. The largest absolute Gasteiger partial charge is 0.278 e. The summed E-state index contributed by atoms with van der Waals surface area (Å²) in [4.78, 5) is 10.7. The van der Waals surface area contributed by atoms with Crippen molar-refractivity contribution in [2.75, 3.05) is 0 Å².